The van der Waals surface area contributed by atoms with Gasteiger partial charge in [0.05, 0.1) is 5.69 Å². The number of aromatic nitrogens is 2. The van der Waals surface area contributed by atoms with Crippen LogP contribution in [0.2, 0.25) is 0 Å². The molecular formula is C11H18N4. The van der Waals surface area contributed by atoms with Crippen LogP contribution in [-0.2, 0) is 0 Å². The fourth-order valence-electron chi connectivity index (χ4n) is 2.03. The van der Waals surface area contributed by atoms with Gasteiger partial charge in [-0.2, -0.15) is 0 Å². The van der Waals surface area contributed by atoms with E-state index in [1.807, 2.05) is 6.92 Å². The number of nitrogens with zero attached hydrogens (tertiary/aromatic N) is 3. The molecule has 0 amide bonds. The largest absolute Gasteiger partial charge is 0.352 e. The van der Waals surface area contributed by atoms with E-state index in [-0.39, 0.29) is 5.54 Å². The predicted molar refractivity (Wildman–Crippen MR) is 61.1 cm³/mol. The first-order valence-corrected chi connectivity index (χ1v) is 5.36. The Morgan fingerprint density at radius 2 is 2.07 bits per heavy atom. The monoisotopic (exact) mass is 206 g/mol. The molecule has 0 radical (unpaired) electrons. The lowest BCUT2D eigenvalue weighted by Crippen LogP contribution is -2.57. The third-order valence-corrected chi connectivity index (χ3v) is 2.73. The summed E-state index contributed by atoms with van der Waals surface area (Å²) in [5.74, 6) is 1.02. The van der Waals surface area contributed by atoms with Gasteiger partial charge in [-0.3, -0.25) is 4.98 Å². The molecule has 1 aliphatic rings. The van der Waals surface area contributed by atoms with E-state index in [0.717, 1.165) is 31.1 Å². The molecule has 0 atom stereocenters. The Hall–Kier alpha value is -1.16. The molecule has 2 rings (SSSR count). The lowest BCUT2D eigenvalue weighted by atomic mass is 10.0. The van der Waals surface area contributed by atoms with Crippen LogP contribution in [0.1, 0.15) is 19.5 Å². The summed E-state index contributed by atoms with van der Waals surface area (Å²) in [6.07, 6.45) is 3.50. The van der Waals surface area contributed by atoms with Crippen LogP contribution in [0.5, 0.6) is 0 Å². The minimum absolute atomic E-state index is 0.155. The van der Waals surface area contributed by atoms with Crippen molar-refractivity contribution < 1.29 is 0 Å². The van der Waals surface area contributed by atoms with Gasteiger partial charge in [0.15, 0.2) is 0 Å². The highest BCUT2D eigenvalue weighted by Crippen LogP contribution is 2.19. The van der Waals surface area contributed by atoms with E-state index in [0.29, 0.717) is 0 Å². The fourth-order valence-corrected chi connectivity index (χ4v) is 2.03. The van der Waals surface area contributed by atoms with E-state index in [1.54, 1.807) is 12.4 Å². The second kappa shape index (κ2) is 3.77. The number of piperazine rings is 1. The van der Waals surface area contributed by atoms with E-state index in [1.165, 1.54) is 0 Å². The van der Waals surface area contributed by atoms with Crippen molar-refractivity contribution in [3.63, 3.8) is 0 Å². The summed E-state index contributed by atoms with van der Waals surface area (Å²) in [7, 11) is 0. The van der Waals surface area contributed by atoms with E-state index in [9.17, 15) is 0 Å². The Morgan fingerprint density at radius 3 is 2.73 bits per heavy atom. The van der Waals surface area contributed by atoms with Gasteiger partial charge in [-0.15, -0.1) is 0 Å². The third-order valence-electron chi connectivity index (χ3n) is 2.73. The zero-order valence-corrected chi connectivity index (χ0v) is 9.62. The molecular weight excluding hydrogens is 188 g/mol. The zero-order valence-electron chi connectivity index (χ0n) is 9.62. The quantitative estimate of drug-likeness (QED) is 0.743. The summed E-state index contributed by atoms with van der Waals surface area (Å²) >= 11 is 0. The molecule has 2 heterocycles. The molecule has 82 valence electrons. The van der Waals surface area contributed by atoms with Crippen LogP contribution < -0.4 is 10.2 Å². The highest BCUT2D eigenvalue weighted by Gasteiger charge is 2.27. The van der Waals surface area contributed by atoms with Crippen LogP contribution in [-0.4, -0.2) is 35.1 Å². The van der Waals surface area contributed by atoms with Gasteiger partial charge in [0.2, 0.25) is 0 Å². The SMILES string of the molecule is Cc1nccnc1N1CCNC(C)(C)C1. The molecule has 0 saturated carbocycles. The summed E-state index contributed by atoms with van der Waals surface area (Å²) < 4.78 is 0. The van der Waals surface area contributed by atoms with Gasteiger partial charge < -0.3 is 10.2 Å². The van der Waals surface area contributed by atoms with E-state index < -0.39 is 0 Å². The smallest absolute Gasteiger partial charge is 0.150 e. The lowest BCUT2D eigenvalue weighted by Gasteiger charge is -2.40. The van der Waals surface area contributed by atoms with Crippen molar-refractivity contribution >= 4 is 5.82 Å². The van der Waals surface area contributed by atoms with Crippen molar-refractivity contribution in [3.8, 4) is 0 Å². The van der Waals surface area contributed by atoms with Crippen LogP contribution >= 0.6 is 0 Å². The van der Waals surface area contributed by atoms with Crippen molar-refractivity contribution in [2.45, 2.75) is 26.3 Å². The second-order valence-corrected chi connectivity index (χ2v) is 4.70. The predicted octanol–water partition coefficient (Wildman–Crippen LogP) is 0.973. The molecule has 1 aromatic heterocycles. The highest BCUT2D eigenvalue weighted by molar-refractivity contribution is 5.43. The number of anilines is 1. The van der Waals surface area contributed by atoms with E-state index in [4.69, 9.17) is 0 Å². The minimum Gasteiger partial charge on any atom is -0.352 e. The Balaban J connectivity index is 2.21. The summed E-state index contributed by atoms with van der Waals surface area (Å²) in [4.78, 5) is 11.0. The molecule has 15 heavy (non-hydrogen) atoms. The maximum absolute atomic E-state index is 4.40. The summed E-state index contributed by atoms with van der Waals surface area (Å²) in [6.45, 7) is 9.42. The molecule has 4 heteroatoms. The first-order valence-electron chi connectivity index (χ1n) is 5.36. The second-order valence-electron chi connectivity index (χ2n) is 4.70. The number of nitrogens with one attached hydrogen (secondary N) is 1. The van der Waals surface area contributed by atoms with Gasteiger partial charge in [0, 0.05) is 37.6 Å². The third kappa shape index (κ3) is 2.26. The molecule has 1 fully saturated rings. The Kier molecular flexibility index (Phi) is 2.61. The van der Waals surface area contributed by atoms with Crippen LogP contribution in [0, 0.1) is 6.92 Å². The average molecular weight is 206 g/mol. The molecule has 0 aromatic carbocycles. The van der Waals surface area contributed by atoms with Crippen molar-refractivity contribution in [3.05, 3.63) is 18.1 Å². The van der Waals surface area contributed by atoms with Crippen LogP contribution in [0.25, 0.3) is 0 Å². The molecule has 0 unspecified atom stereocenters. The number of aryl methyl sites for hydroxylation is 1. The van der Waals surface area contributed by atoms with Crippen molar-refractivity contribution in [2.24, 2.45) is 0 Å². The first kappa shape index (κ1) is 10.4. The van der Waals surface area contributed by atoms with Gasteiger partial charge >= 0.3 is 0 Å². The lowest BCUT2D eigenvalue weighted by molar-refractivity contribution is 0.351. The Labute approximate surface area is 90.7 Å². The van der Waals surface area contributed by atoms with Crippen LogP contribution in [0.3, 0.4) is 0 Å². The molecule has 4 nitrogen and oxygen atoms in total. The summed E-state index contributed by atoms with van der Waals surface area (Å²) in [5, 5.41) is 3.49. The molecule has 1 aromatic rings. The molecule has 0 aliphatic carbocycles. The van der Waals surface area contributed by atoms with Gasteiger partial charge in [-0.05, 0) is 20.8 Å². The van der Waals surface area contributed by atoms with Crippen molar-refractivity contribution in [1.29, 1.82) is 0 Å². The van der Waals surface area contributed by atoms with Gasteiger partial charge in [-0.1, -0.05) is 0 Å². The van der Waals surface area contributed by atoms with Gasteiger partial charge in [0.25, 0.3) is 0 Å². The zero-order chi connectivity index (χ0) is 10.9. The summed E-state index contributed by atoms with van der Waals surface area (Å²) in [5.41, 5.74) is 1.16. The first-order chi connectivity index (χ1) is 7.08. The average Bonchev–Trinajstić information content (AvgIpc) is 2.17. The van der Waals surface area contributed by atoms with Crippen LogP contribution in [0.4, 0.5) is 5.82 Å². The van der Waals surface area contributed by atoms with Crippen LogP contribution in [0.15, 0.2) is 12.4 Å². The maximum Gasteiger partial charge on any atom is 0.150 e. The fraction of sp³-hybridized carbons (Fsp3) is 0.636. The van der Waals surface area contributed by atoms with E-state index in [2.05, 4.69) is 34.0 Å². The molecule has 0 spiro atoms. The molecule has 0 bridgehead atoms. The van der Waals surface area contributed by atoms with Gasteiger partial charge in [0.1, 0.15) is 5.82 Å². The standard InChI is InChI=1S/C11H18N4/c1-9-10(13-5-4-12-9)15-7-6-14-11(2,3)8-15/h4-5,14H,6-8H2,1-3H3. The number of hydrogen-bond acceptors (Lipinski definition) is 4. The Morgan fingerprint density at radius 1 is 1.33 bits per heavy atom. The van der Waals surface area contributed by atoms with E-state index >= 15 is 0 Å². The van der Waals surface area contributed by atoms with Crippen molar-refractivity contribution in [2.75, 3.05) is 24.5 Å². The van der Waals surface area contributed by atoms with Gasteiger partial charge in [-0.25, -0.2) is 4.98 Å². The normalized spacial score (nSPS) is 20.3. The Bertz CT molecular complexity index is 348. The highest BCUT2D eigenvalue weighted by atomic mass is 15.3. The topological polar surface area (TPSA) is 41.1 Å². The molecule has 1 N–H and O–H groups in total. The number of hydrogen-bond donors (Lipinski definition) is 1. The number of rotatable bonds is 1. The molecule has 1 aliphatic heterocycles. The minimum atomic E-state index is 0.155. The summed E-state index contributed by atoms with van der Waals surface area (Å²) in [6, 6.07) is 0. The van der Waals surface area contributed by atoms with Crippen molar-refractivity contribution in [1.82, 2.24) is 15.3 Å². The maximum atomic E-state index is 4.40. The molecule has 1 saturated heterocycles.